The average molecular weight is 633 g/mol. The van der Waals surface area contributed by atoms with Gasteiger partial charge in [-0.25, -0.2) is 4.39 Å². The minimum atomic E-state index is -0.527. The zero-order chi connectivity index (χ0) is 29.4. The lowest BCUT2D eigenvalue weighted by atomic mass is 10.1. The summed E-state index contributed by atoms with van der Waals surface area (Å²) in [5.74, 6) is -1.75. The van der Waals surface area contributed by atoms with E-state index in [0.717, 1.165) is 16.0 Å². The number of carbonyl (C=O) groups is 3. The maximum absolute atomic E-state index is 14.1. The summed E-state index contributed by atoms with van der Waals surface area (Å²) in [6.45, 7) is 3.69. The van der Waals surface area contributed by atoms with Crippen LogP contribution in [0.25, 0.3) is 6.08 Å². The Bertz CT molecular complexity index is 1580. The summed E-state index contributed by atoms with van der Waals surface area (Å²) in [5.41, 5.74) is 2.97. The monoisotopic (exact) mass is 631 g/mol. The molecule has 4 aromatic carbocycles. The van der Waals surface area contributed by atoms with E-state index in [1.807, 2.05) is 37.3 Å². The molecule has 3 amide bonds. The van der Waals surface area contributed by atoms with Crippen LogP contribution in [-0.4, -0.2) is 23.0 Å². The normalized spacial score (nSPS) is 11.9. The summed E-state index contributed by atoms with van der Waals surface area (Å²) in [6.07, 6.45) is 1.62. The molecular weight excluding hydrogens is 605 g/mol. The number of thioether (sulfide) groups is 1. The van der Waals surface area contributed by atoms with Crippen LogP contribution in [0, 0.1) is 12.7 Å². The third kappa shape index (κ3) is 8.64. The van der Waals surface area contributed by atoms with Gasteiger partial charge in [0.25, 0.3) is 11.8 Å². The van der Waals surface area contributed by atoms with Gasteiger partial charge in [0, 0.05) is 20.6 Å². The first-order chi connectivity index (χ1) is 19.7. The number of amides is 3. The van der Waals surface area contributed by atoms with Crippen LogP contribution in [-0.2, 0) is 9.59 Å². The third-order valence-electron chi connectivity index (χ3n) is 5.90. The van der Waals surface area contributed by atoms with Gasteiger partial charge in [-0.2, -0.15) is 0 Å². The van der Waals surface area contributed by atoms with Crippen LogP contribution >= 0.6 is 27.7 Å². The van der Waals surface area contributed by atoms with E-state index < -0.39 is 22.9 Å². The number of rotatable bonds is 9. The molecule has 3 N–H and O–H groups in total. The molecule has 0 saturated carbocycles. The van der Waals surface area contributed by atoms with Crippen LogP contribution in [0.4, 0.5) is 15.8 Å². The Kier molecular flexibility index (Phi) is 10.1. The van der Waals surface area contributed by atoms with Gasteiger partial charge in [-0.3, -0.25) is 14.4 Å². The highest BCUT2D eigenvalue weighted by molar-refractivity contribution is 9.10. The van der Waals surface area contributed by atoms with Gasteiger partial charge in [0.2, 0.25) is 5.91 Å². The van der Waals surface area contributed by atoms with Crippen molar-refractivity contribution in [1.29, 1.82) is 0 Å². The van der Waals surface area contributed by atoms with Gasteiger partial charge in [0.05, 0.1) is 10.9 Å². The zero-order valence-electron chi connectivity index (χ0n) is 22.3. The lowest BCUT2D eigenvalue weighted by Gasteiger charge is -2.14. The quantitative estimate of drug-likeness (QED) is 0.132. The van der Waals surface area contributed by atoms with Crippen LogP contribution in [0.15, 0.2) is 112 Å². The van der Waals surface area contributed by atoms with E-state index in [1.54, 1.807) is 67.6 Å². The Balaban J connectivity index is 1.42. The first-order valence-corrected chi connectivity index (χ1v) is 14.3. The van der Waals surface area contributed by atoms with Crippen molar-refractivity contribution in [2.24, 2.45) is 0 Å². The molecule has 1 unspecified atom stereocenters. The molecule has 0 bridgehead atoms. The van der Waals surface area contributed by atoms with E-state index in [0.29, 0.717) is 15.7 Å². The van der Waals surface area contributed by atoms with Gasteiger partial charge in [-0.05, 0) is 80.1 Å². The Labute approximate surface area is 250 Å². The summed E-state index contributed by atoms with van der Waals surface area (Å²) in [5, 5.41) is 7.65. The average Bonchev–Trinajstić information content (AvgIpc) is 2.96. The van der Waals surface area contributed by atoms with E-state index in [2.05, 4.69) is 31.9 Å². The topological polar surface area (TPSA) is 87.3 Å². The van der Waals surface area contributed by atoms with Crippen LogP contribution in [0.5, 0.6) is 0 Å². The van der Waals surface area contributed by atoms with Gasteiger partial charge in [0.15, 0.2) is 0 Å². The van der Waals surface area contributed by atoms with Gasteiger partial charge in [0.1, 0.15) is 11.5 Å². The highest BCUT2D eigenvalue weighted by atomic mass is 79.9. The Hall–Kier alpha value is -4.21. The minimum absolute atomic E-state index is 0.0895. The molecule has 0 aliphatic carbocycles. The standard InChI is InChI=1S/C32H27BrFN3O3S/c1-20-8-10-22(11-9-20)18-29(37-31(39)23-6-4-3-5-7-23)32(40)35-25-13-15-26(16-14-25)41-21(2)30(38)36-28-17-12-24(33)19-27(28)34/h3-19,21H,1-2H3,(H,35,40)(H,36,38)(H,37,39)/b29-18-. The number of hydrogen-bond acceptors (Lipinski definition) is 4. The second-order valence-corrected chi connectivity index (χ2v) is 11.5. The molecule has 6 nitrogen and oxygen atoms in total. The molecule has 0 aliphatic heterocycles. The molecule has 4 aromatic rings. The molecule has 1 atom stereocenters. The smallest absolute Gasteiger partial charge is 0.272 e. The van der Waals surface area contributed by atoms with Gasteiger partial charge < -0.3 is 16.0 Å². The zero-order valence-corrected chi connectivity index (χ0v) is 24.7. The van der Waals surface area contributed by atoms with Crippen molar-refractivity contribution in [3.8, 4) is 0 Å². The van der Waals surface area contributed by atoms with E-state index in [-0.39, 0.29) is 17.3 Å². The molecule has 0 aromatic heterocycles. The van der Waals surface area contributed by atoms with Crippen molar-refractivity contribution in [2.45, 2.75) is 24.0 Å². The number of nitrogens with one attached hydrogen (secondary N) is 3. The maximum atomic E-state index is 14.1. The first kappa shape index (κ1) is 29.8. The highest BCUT2D eigenvalue weighted by Crippen LogP contribution is 2.27. The number of benzene rings is 4. The minimum Gasteiger partial charge on any atom is -0.323 e. The predicted molar refractivity (Wildman–Crippen MR) is 166 cm³/mol. The van der Waals surface area contributed by atoms with E-state index in [9.17, 15) is 18.8 Å². The fourth-order valence-corrected chi connectivity index (χ4v) is 4.87. The molecule has 0 fully saturated rings. The lowest BCUT2D eigenvalue weighted by Crippen LogP contribution is -2.30. The molecule has 208 valence electrons. The summed E-state index contributed by atoms with van der Waals surface area (Å²) in [7, 11) is 0. The van der Waals surface area contributed by atoms with E-state index >= 15 is 0 Å². The van der Waals surface area contributed by atoms with Crippen molar-refractivity contribution in [3.63, 3.8) is 0 Å². The molecular formula is C32H27BrFN3O3S. The summed E-state index contributed by atoms with van der Waals surface area (Å²) in [4.78, 5) is 39.4. The molecule has 0 radical (unpaired) electrons. The van der Waals surface area contributed by atoms with Crippen LogP contribution in [0.3, 0.4) is 0 Å². The maximum Gasteiger partial charge on any atom is 0.272 e. The van der Waals surface area contributed by atoms with Gasteiger partial charge in [-0.15, -0.1) is 11.8 Å². The van der Waals surface area contributed by atoms with Gasteiger partial charge >= 0.3 is 0 Å². The van der Waals surface area contributed by atoms with Crippen LogP contribution < -0.4 is 16.0 Å². The Morgan fingerprint density at radius 3 is 2.22 bits per heavy atom. The summed E-state index contributed by atoms with van der Waals surface area (Å²) in [6, 6.07) is 27.6. The second-order valence-electron chi connectivity index (χ2n) is 9.14. The van der Waals surface area contributed by atoms with Crippen LogP contribution in [0.1, 0.15) is 28.4 Å². The Morgan fingerprint density at radius 1 is 0.878 bits per heavy atom. The lowest BCUT2D eigenvalue weighted by molar-refractivity contribution is -0.115. The third-order valence-corrected chi connectivity index (χ3v) is 7.51. The number of halogens is 2. The van der Waals surface area contributed by atoms with Crippen molar-refractivity contribution < 1.29 is 18.8 Å². The number of anilines is 2. The predicted octanol–water partition coefficient (Wildman–Crippen LogP) is 7.43. The summed E-state index contributed by atoms with van der Waals surface area (Å²) >= 11 is 4.49. The van der Waals surface area contributed by atoms with Crippen molar-refractivity contribution in [1.82, 2.24) is 5.32 Å². The van der Waals surface area contributed by atoms with E-state index in [1.165, 1.54) is 23.9 Å². The fourth-order valence-electron chi connectivity index (χ4n) is 3.67. The highest BCUT2D eigenvalue weighted by Gasteiger charge is 2.18. The first-order valence-electron chi connectivity index (χ1n) is 12.7. The molecule has 0 saturated heterocycles. The molecule has 0 heterocycles. The van der Waals surface area contributed by atoms with Crippen molar-refractivity contribution in [2.75, 3.05) is 10.6 Å². The molecule has 0 spiro atoms. The number of aryl methyl sites for hydroxylation is 1. The molecule has 0 aliphatic rings. The van der Waals surface area contributed by atoms with Crippen molar-refractivity contribution in [3.05, 3.63) is 130 Å². The molecule has 9 heteroatoms. The fraction of sp³-hybridized carbons (Fsp3) is 0.0938. The van der Waals surface area contributed by atoms with E-state index in [4.69, 9.17) is 0 Å². The van der Waals surface area contributed by atoms with Crippen LogP contribution in [0.2, 0.25) is 0 Å². The number of carbonyl (C=O) groups excluding carboxylic acids is 3. The Morgan fingerprint density at radius 2 is 1.56 bits per heavy atom. The SMILES string of the molecule is Cc1ccc(/C=C(\NC(=O)c2ccccc2)C(=O)Nc2ccc(SC(C)C(=O)Nc3ccc(Br)cc3F)cc2)cc1. The number of hydrogen-bond donors (Lipinski definition) is 3. The molecule has 4 rings (SSSR count). The second kappa shape index (κ2) is 13.9. The van der Waals surface area contributed by atoms with Gasteiger partial charge in [-0.1, -0.05) is 64.0 Å². The largest absolute Gasteiger partial charge is 0.323 e. The molecule has 41 heavy (non-hydrogen) atoms. The van der Waals surface area contributed by atoms with Crippen molar-refractivity contribution >= 4 is 62.9 Å². The summed E-state index contributed by atoms with van der Waals surface area (Å²) < 4.78 is 14.7.